The summed E-state index contributed by atoms with van der Waals surface area (Å²) in [7, 11) is 0. The summed E-state index contributed by atoms with van der Waals surface area (Å²) in [5, 5.41) is 4.65. The molecule has 0 aliphatic heterocycles. The van der Waals surface area contributed by atoms with Crippen LogP contribution in [0.4, 0.5) is 0 Å². The fourth-order valence-electron chi connectivity index (χ4n) is 9.21. The van der Waals surface area contributed by atoms with Crippen LogP contribution in [-0.4, -0.2) is 24.1 Å². The highest BCUT2D eigenvalue weighted by molar-refractivity contribution is 6.29. The van der Waals surface area contributed by atoms with Gasteiger partial charge in [-0.1, -0.05) is 200 Å². The molecule has 0 saturated carbocycles. The predicted molar refractivity (Wildman–Crippen MR) is 256 cm³/mol. The van der Waals surface area contributed by atoms with Gasteiger partial charge in [0, 0.05) is 43.8 Å². The Morgan fingerprint density at radius 2 is 0.645 bits per heavy atom. The summed E-state index contributed by atoms with van der Waals surface area (Å²) in [6.07, 6.45) is 0. The van der Waals surface area contributed by atoms with Crippen molar-refractivity contribution in [2.45, 2.75) is 0 Å². The maximum atomic E-state index is 5.30. The molecule has 9 aromatic carbocycles. The van der Waals surface area contributed by atoms with Gasteiger partial charge in [-0.25, -0.2) is 4.98 Å². The van der Waals surface area contributed by atoms with Crippen LogP contribution < -0.4 is 0 Å². The molecule has 3 aromatic heterocycles. The molecule has 290 valence electrons. The van der Waals surface area contributed by atoms with E-state index in [0.717, 1.165) is 60.8 Å². The number of fused-ring (bicyclic) bond motifs is 7. The lowest BCUT2D eigenvalue weighted by Gasteiger charge is -2.19. The highest BCUT2D eigenvalue weighted by Crippen LogP contribution is 2.45. The van der Waals surface area contributed by atoms with E-state index in [-0.39, 0.29) is 0 Å². The lowest BCUT2D eigenvalue weighted by Crippen LogP contribution is -2.06. The molecular formula is C57H37N5. The van der Waals surface area contributed by atoms with Crippen LogP contribution >= 0.6 is 0 Å². The molecule has 3 heterocycles. The van der Waals surface area contributed by atoms with Crippen molar-refractivity contribution in [3.8, 4) is 67.8 Å². The van der Waals surface area contributed by atoms with Crippen molar-refractivity contribution in [2.24, 2.45) is 0 Å². The Morgan fingerprint density at radius 3 is 1.18 bits per heavy atom. The Labute approximate surface area is 358 Å². The van der Waals surface area contributed by atoms with Crippen LogP contribution in [0.2, 0.25) is 0 Å². The average Bonchev–Trinajstić information content (AvgIpc) is 3.87. The zero-order chi connectivity index (χ0) is 41.0. The molecule has 0 fully saturated rings. The largest absolute Gasteiger partial charge is 0.308 e. The van der Waals surface area contributed by atoms with Crippen molar-refractivity contribution in [2.75, 3.05) is 0 Å². The molecule has 0 aliphatic carbocycles. The third kappa shape index (κ3) is 5.82. The second kappa shape index (κ2) is 14.7. The highest BCUT2D eigenvalue weighted by Gasteiger charge is 2.25. The number of benzene rings is 9. The van der Waals surface area contributed by atoms with Gasteiger partial charge in [0.2, 0.25) is 5.95 Å². The summed E-state index contributed by atoms with van der Waals surface area (Å²) >= 11 is 0. The molecular weight excluding hydrogens is 755 g/mol. The number of aromatic nitrogens is 5. The molecule has 12 aromatic rings. The van der Waals surface area contributed by atoms with Gasteiger partial charge in [0.25, 0.3) is 0 Å². The summed E-state index contributed by atoms with van der Waals surface area (Å²) in [5.41, 5.74) is 14.3. The quantitative estimate of drug-likeness (QED) is 0.162. The third-order valence-electron chi connectivity index (χ3n) is 12.0. The number of nitrogens with zero attached hydrogens (tertiary/aromatic N) is 5. The van der Waals surface area contributed by atoms with Crippen LogP contribution in [0.25, 0.3) is 111 Å². The number of hydrogen-bond acceptors (Lipinski definition) is 3. The maximum absolute atomic E-state index is 5.30. The molecule has 0 saturated heterocycles. The monoisotopic (exact) mass is 791 g/mol. The van der Waals surface area contributed by atoms with Gasteiger partial charge >= 0.3 is 0 Å². The summed E-state index contributed by atoms with van der Waals surface area (Å²) < 4.78 is 4.70. The second-order valence-corrected chi connectivity index (χ2v) is 15.6. The lowest BCUT2D eigenvalue weighted by atomic mass is 9.95. The van der Waals surface area contributed by atoms with Crippen LogP contribution in [0, 0.1) is 0 Å². The Hall–Kier alpha value is -8.41. The van der Waals surface area contributed by atoms with Gasteiger partial charge in [0.05, 0.1) is 27.8 Å². The van der Waals surface area contributed by atoms with E-state index in [1.54, 1.807) is 0 Å². The normalized spacial score (nSPS) is 11.5. The smallest absolute Gasteiger partial charge is 0.238 e. The molecule has 0 unspecified atom stereocenters. The van der Waals surface area contributed by atoms with Crippen LogP contribution in [0.3, 0.4) is 0 Å². The van der Waals surface area contributed by atoms with E-state index in [1.807, 2.05) is 24.3 Å². The molecule has 0 bridgehead atoms. The van der Waals surface area contributed by atoms with E-state index in [0.29, 0.717) is 17.6 Å². The predicted octanol–water partition coefficient (Wildman–Crippen LogP) is 14.4. The summed E-state index contributed by atoms with van der Waals surface area (Å²) in [4.78, 5) is 15.7. The van der Waals surface area contributed by atoms with Crippen LogP contribution in [0.15, 0.2) is 224 Å². The van der Waals surface area contributed by atoms with Crippen molar-refractivity contribution in [1.29, 1.82) is 0 Å². The first-order valence-corrected chi connectivity index (χ1v) is 21.0. The maximum Gasteiger partial charge on any atom is 0.238 e. The topological polar surface area (TPSA) is 48.5 Å². The van der Waals surface area contributed by atoms with Crippen LogP contribution in [0.1, 0.15) is 0 Å². The van der Waals surface area contributed by atoms with Crippen molar-refractivity contribution in [3.05, 3.63) is 224 Å². The SMILES string of the molecule is c1ccc(-c2ccc(-c3nc(-c4ccccc4)nc(-n4c5ccccc5c5c6c7ccccc7n(-c7c(-c8ccccc8)cccc7-c7ccccc7)c6ccc54)n3)cc2)cc1. The number of rotatable bonds is 7. The van der Waals surface area contributed by atoms with E-state index >= 15 is 0 Å². The molecule has 5 heteroatoms. The zero-order valence-electron chi connectivity index (χ0n) is 33.6. The van der Waals surface area contributed by atoms with E-state index in [1.165, 1.54) is 33.0 Å². The minimum absolute atomic E-state index is 0.566. The molecule has 0 radical (unpaired) electrons. The number of para-hydroxylation sites is 3. The van der Waals surface area contributed by atoms with Crippen molar-refractivity contribution in [3.63, 3.8) is 0 Å². The molecule has 12 rings (SSSR count). The van der Waals surface area contributed by atoms with Crippen LogP contribution in [-0.2, 0) is 0 Å². The van der Waals surface area contributed by atoms with E-state index in [2.05, 4.69) is 209 Å². The van der Waals surface area contributed by atoms with Gasteiger partial charge in [-0.2, -0.15) is 9.97 Å². The van der Waals surface area contributed by atoms with Crippen molar-refractivity contribution in [1.82, 2.24) is 24.1 Å². The van der Waals surface area contributed by atoms with E-state index in [4.69, 9.17) is 15.0 Å². The van der Waals surface area contributed by atoms with Crippen molar-refractivity contribution >= 4 is 43.6 Å². The molecule has 0 spiro atoms. The standard InChI is InChI=1S/C57H37N5/c1-5-18-38(19-6-1)39-32-34-43(35-33-39)56-58-55(42-24-11-4-12-25-42)59-57(60-56)62-49-31-16-14-27-47(49)53-51(62)37-36-50-52(53)46-26-13-15-30-48(46)61(50)54-44(40-20-7-2-8-21-40)28-17-29-45(54)41-22-9-3-10-23-41/h1-37H. The fraction of sp³-hybridized carbons (Fsp3) is 0. The Kier molecular flexibility index (Phi) is 8.42. The zero-order valence-corrected chi connectivity index (χ0v) is 33.6. The molecule has 62 heavy (non-hydrogen) atoms. The third-order valence-corrected chi connectivity index (χ3v) is 12.0. The summed E-state index contributed by atoms with van der Waals surface area (Å²) in [6, 6.07) is 79.3. The highest BCUT2D eigenvalue weighted by atomic mass is 15.2. The summed E-state index contributed by atoms with van der Waals surface area (Å²) in [6.45, 7) is 0. The first-order chi connectivity index (χ1) is 30.8. The molecule has 0 atom stereocenters. The lowest BCUT2D eigenvalue weighted by molar-refractivity contribution is 0.953. The minimum Gasteiger partial charge on any atom is -0.308 e. The summed E-state index contributed by atoms with van der Waals surface area (Å²) in [5.74, 6) is 1.80. The Morgan fingerprint density at radius 1 is 0.258 bits per heavy atom. The van der Waals surface area contributed by atoms with Gasteiger partial charge in [-0.15, -0.1) is 0 Å². The first-order valence-electron chi connectivity index (χ1n) is 21.0. The molecule has 0 aliphatic rings. The van der Waals surface area contributed by atoms with Gasteiger partial charge in [-0.05, 0) is 46.5 Å². The van der Waals surface area contributed by atoms with Crippen molar-refractivity contribution < 1.29 is 0 Å². The second-order valence-electron chi connectivity index (χ2n) is 15.6. The Bertz CT molecular complexity index is 3540. The number of hydrogen-bond donors (Lipinski definition) is 0. The van der Waals surface area contributed by atoms with Crippen LogP contribution in [0.5, 0.6) is 0 Å². The van der Waals surface area contributed by atoms with E-state index in [9.17, 15) is 0 Å². The van der Waals surface area contributed by atoms with Gasteiger partial charge in [0.1, 0.15) is 0 Å². The minimum atomic E-state index is 0.566. The van der Waals surface area contributed by atoms with E-state index < -0.39 is 0 Å². The molecule has 0 amide bonds. The Balaban J connectivity index is 1.14. The molecule has 5 nitrogen and oxygen atoms in total. The first kappa shape index (κ1) is 35.5. The fourth-order valence-corrected chi connectivity index (χ4v) is 9.21. The van der Waals surface area contributed by atoms with Gasteiger partial charge in [-0.3, -0.25) is 4.57 Å². The average molecular weight is 792 g/mol. The van der Waals surface area contributed by atoms with Gasteiger partial charge < -0.3 is 4.57 Å². The molecule has 0 N–H and O–H groups in total. The van der Waals surface area contributed by atoms with Gasteiger partial charge in [0.15, 0.2) is 11.6 Å².